The van der Waals surface area contributed by atoms with Gasteiger partial charge in [-0.1, -0.05) is 11.2 Å². The third kappa shape index (κ3) is 3.09. The van der Waals surface area contributed by atoms with Crippen molar-refractivity contribution in [2.75, 3.05) is 7.11 Å². The molecular weight excluding hydrogens is 248 g/mol. The van der Waals surface area contributed by atoms with Gasteiger partial charge in [0.05, 0.1) is 12.7 Å². The van der Waals surface area contributed by atoms with E-state index in [0.29, 0.717) is 17.1 Å². The summed E-state index contributed by atoms with van der Waals surface area (Å²) in [6, 6.07) is 5.11. The molecule has 0 fully saturated rings. The minimum Gasteiger partial charge on any atom is -0.496 e. The molecule has 0 bridgehead atoms. The molecule has 0 radical (unpaired) electrons. The molecular formula is C13H14N2O4. The normalized spacial score (nSPS) is 10.3. The predicted octanol–water partition coefficient (Wildman–Crippen LogP) is 2.05. The van der Waals surface area contributed by atoms with Crippen molar-refractivity contribution >= 4 is 5.97 Å². The van der Waals surface area contributed by atoms with E-state index in [1.807, 2.05) is 6.92 Å². The Morgan fingerprint density at radius 1 is 1.37 bits per heavy atom. The van der Waals surface area contributed by atoms with Crippen LogP contribution in [0.2, 0.25) is 0 Å². The zero-order valence-electron chi connectivity index (χ0n) is 11.0. The maximum atomic E-state index is 11.8. The van der Waals surface area contributed by atoms with Crippen LogP contribution in [0.15, 0.2) is 22.7 Å². The van der Waals surface area contributed by atoms with Gasteiger partial charge in [-0.15, -0.1) is 0 Å². The van der Waals surface area contributed by atoms with Crippen LogP contribution in [0, 0.1) is 13.8 Å². The molecule has 2 rings (SSSR count). The molecule has 0 aliphatic carbocycles. The topological polar surface area (TPSA) is 74.5 Å². The van der Waals surface area contributed by atoms with Crippen molar-refractivity contribution in [2.24, 2.45) is 0 Å². The first-order chi connectivity index (χ1) is 9.10. The first-order valence-corrected chi connectivity index (χ1v) is 5.71. The highest BCUT2D eigenvalue weighted by Gasteiger charge is 2.12. The van der Waals surface area contributed by atoms with Gasteiger partial charge in [0.2, 0.25) is 0 Å². The largest absolute Gasteiger partial charge is 0.496 e. The van der Waals surface area contributed by atoms with Crippen molar-refractivity contribution < 1.29 is 18.8 Å². The van der Waals surface area contributed by atoms with Crippen molar-refractivity contribution in [3.05, 3.63) is 41.0 Å². The molecule has 0 amide bonds. The quantitative estimate of drug-likeness (QED) is 0.785. The Hall–Kier alpha value is -2.37. The Kier molecular flexibility index (Phi) is 3.79. The molecule has 0 atom stereocenters. The second kappa shape index (κ2) is 5.51. The molecule has 0 saturated carbocycles. The second-order valence-electron chi connectivity index (χ2n) is 4.00. The Labute approximate surface area is 110 Å². The van der Waals surface area contributed by atoms with E-state index in [-0.39, 0.29) is 12.5 Å². The summed E-state index contributed by atoms with van der Waals surface area (Å²) in [5, 5.41) is 3.61. The molecule has 1 aromatic carbocycles. The molecule has 0 saturated heterocycles. The van der Waals surface area contributed by atoms with Crippen LogP contribution in [0.4, 0.5) is 0 Å². The number of nitrogens with zero attached hydrogens (tertiary/aromatic N) is 2. The Bertz CT molecular complexity index is 592. The molecule has 6 heteroatoms. The molecule has 1 heterocycles. The van der Waals surface area contributed by atoms with Crippen LogP contribution in [0.25, 0.3) is 0 Å². The molecule has 0 spiro atoms. The third-order valence-electron chi connectivity index (χ3n) is 2.54. The predicted molar refractivity (Wildman–Crippen MR) is 65.9 cm³/mol. The number of aromatic nitrogens is 2. The van der Waals surface area contributed by atoms with Crippen LogP contribution in [-0.2, 0) is 11.3 Å². The fraction of sp³-hybridized carbons (Fsp3) is 0.308. The van der Waals surface area contributed by atoms with Crippen LogP contribution in [0.5, 0.6) is 5.75 Å². The molecule has 6 nitrogen and oxygen atoms in total. The van der Waals surface area contributed by atoms with Gasteiger partial charge in [-0.2, -0.15) is 4.98 Å². The summed E-state index contributed by atoms with van der Waals surface area (Å²) >= 11 is 0. The van der Waals surface area contributed by atoms with Gasteiger partial charge in [-0.3, -0.25) is 0 Å². The number of hydrogen-bond donors (Lipinski definition) is 0. The SMILES string of the molecule is COc1cc(C(=O)OCc2nc(C)no2)ccc1C. The second-order valence-corrected chi connectivity index (χ2v) is 4.00. The smallest absolute Gasteiger partial charge is 0.338 e. The van der Waals surface area contributed by atoms with Crippen molar-refractivity contribution in [3.8, 4) is 5.75 Å². The lowest BCUT2D eigenvalue weighted by atomic mass is 10.1. The van der Waals surface area contributed by atoms with E-state index in [4.69, 9.17) is 14.0 Å². The summed E-state index contributed by atoms with van der Waals surface area (Å²) in [6.45, 7) is 3.55. The lowest BCUT2D eigenvalue weighted by Crippen LogP contribution is -2.06. The number of methoxy groups -OCH3 is 1. The summed E-state index contributed by atoms with van der Waals surface area (Å²) in [4.78, 5) is 15.8. The van der Waals surface area contributed by atoms with E-state index < -0.39 is 5.97 Å². The van der Waals surface area contributed by atoms with Crippen molar-refractivity contribution in [1.82, 2.24) is 10.1 Å². The van der Waals surface area contributed by atoms with Crippen LogP contribution >= 0.6 is 0 Å². The molecule has 19 heavy (non-hydrogen) atoms. The van der Waals surface area contributed by atoms with Crippen LogP contribution < -0.4 is 4.74 Å². The molecule has 0 aliphatic heterocycles. The van der Waals surface area contributed by atoms with E-state index in [2.05, 4.69) is 10.1 Å². The lowest BCUT2D eigenvalue weighted by molar-refractivity contribution is 0.0429. The van der Waals surface area contributed by atoms with Gasteiger partial charge in [0.15, 0.2) is 12.4 Å². The van der Waals surface area contributed by atoms with Gasteiger partial charge in [0.25, 0.3) is 5.89 Å². The lowest BCUT2D eigenvalue weighted by Gasteiger charge is -2.07. The van der Waals surface area contributed by atoms with Crippen molar-refractivity contribution in [3.63, 3.8) is 0 Å². The van der Waals surface area contributed by atoms with Gasteiger partial charge >= 0.3 is 5.97 Å². The maximum absolute atomic E-state index is 11.8. The minimum atomic E-state index is -0.464. The fourth-order valence-electron chi connectivity index (χ4n) is 1.56. The number of carbonyl (C=O) groups excluding carboxylic acids is 1. The van der Waals surface area contributed by atoms with Crippen LogP contribution in [0.3, 0.4) is 0 Å². The Morgan fingerprint density at radius 3 is 2.79 bits per heavy atom. The number of benzene rings is 1. The van der Waals surface area contributed by atoms with Crippen LogP contribution in [0.1, 0.15) is 27.6 Å². The molecule has 0 unspecified atom stereocenters. The molecule has 1 aromatic heterocycles. The molecule has 2 aromatic rings. The Balaban J connectivity index is 2.03. The highest BCUT2D eigenvalue weighted by Crippen LogP contribution is 2.19. The van der Waals surface area contributed by atoms with E-state index >= 15 is 0 Å². The maximum Gasteiger partial charge on any atom is 0.338 e. The number of hydrogen-bond acceptors (Lipinski definition) is 6. The first-order valence-electron chi connectivity index (χ1n) is 5.71. The summed E-state index contributed by atoms with van der Waals surface area (Å²) in [5.74, 6) is 0.949. The van der Waals surface area contributed by atoms with Gasteiger partial charge < -0.3 is 14.0 Å². The van der Waals surface area contributed by atoms with Crippen molar-refractivity contribution in [2.45, 2.75) is 20.5 Å². The summed E-state index contributed by atoms with van der Waals surface area (Å²) in [6.07, 6.45) is 0. The average Bonchev–Trinajstić information content (AvgIpc) is 2.82. The van der Waals surface area contributed by atoms with Gasteiger partial charge in [0.1, 0.15) is 5.75 Å². The van der Waals surface area contributed by atoms with E-state index in [1.165, 1.54) is 0 Å². The van der Waals surface area contributed by atoms with Crippen LogP contribution in [-0.4, -0.2) is 23.2 Å². The molecule has 0 aliphatic rings. The highest BCUT2D eigenvalue weighted by molar-refractivity contribution is 5.90. The minimum absolute atomic E-state index is 0.0458. The zero-order valence-corrected chi connectivity index (χ0v) is 11.0. The van der Waals surface area contributed by atoms with E-state index in [9.17, 15) is 4.79 Å². The number of rotatable bonds is 4. The summed E-state index contributed by atoms with van der Waals surface area (Å²) in [5.41, 5.74) is 1.37. The first kappa shape index (κ1) is 13.1. The standard InChI is InChI=1S/C13H14N2O4/c1-8-4-5-10(6-11(8)17-3)13(16)18-7-12-14-9(2)15-19-12/h4-6H,7H2,1-3H3. The molecule has 0 N–H and O–H groups in total. The van der Waals surface area contributed by atoms with Gasteiger partial charge in [-0.25, -0.2) is 4.79 Å². The number of aryl methyl sites for hydroxylation is 2. The molecule has 100 valence electrons. The van der Waals surface area contributed by atoms with E-state index in [0.717, 1.165) is 5.56 Å². The monoisotopic (exact) mass is 262 g/mol. The fourth-order valence-corrected chi connectivity index (χ4v) is 1.56. The summed E-state index contributed by atoms with van der Waals surface area (Å²) in [7, 11) is 1.55. The number of carbonyl (C=O) groups is 1. The van der Waals surface area contributed by atoms with Gasteiger partial charge in [0, 0.05) is 0 Å². The van der Waals surface area contributed by atoms with Gasteiger partial charge in [-0.05, 0) is 31.5 Å². The highest BCUT2D eigenvalue weighted by atomic mass is 16.6. The average molecular weight is 262 g/mol. The Morgan fingerprint density at radius 2 is 2.16 bits per heavy atom. The van der Waals surface area contributed by atoms with Crippen molar-refractivity contribution in [1.29, 1.82) is 0 Å². The summed E-state index contributed by atoms with van der Waals surface area (Å²) < 4.78 is 15.1. The van der Waals surface area contributed by atoms with E-state index in [1.54, 1.807) is 32.2 Å². The number of esters is 1. The zero-order chi connectivity index (χ0) is 13.8. The number of ether oxygens (including phenoxy) is 2. The third-order valence-corrected chi connectivity index (χ3v) is 2.54.